The Labute approximate surface area is 193 Å². The van der Waals surface area contributed by atoms with Gasteiger partial charge in [0.1, 0.15) is 5.82 Å². The second-order valence-corrected chi connectivity index (χ2v) is 7.92. The highest BCUT2D eigenvalue weighted by Crippen LogP contribution is 2.33. The molecular formula is C23H19FN8O2. The van der Waals surface area contributed by atoms with Gasteiger partial charge in [0.05, 0.1) is 23.8 Å². The molecule has 0 atom stereocenters. The van der Waals surface area contributed by atoms with Gasteiger partial charge in [0.2, 0.25) is 5.95 Å². The van der Waals surface area contributed by atoms with E-state index in [-0.39, 0.29) is 29.3 Å². The van der Waals surface area contributed by atoms with E-state index in [2.05, 4.69) is 40.9 Å². The minimum absolute atomic E-state index is 0.0896. The van der Waals surface area contributed by atoms with Gasteiger partial charge in [-0.25, -0.2) is 14.4 Å². The average Bonchev–Trinajstić information content (AvgIpc) is 2.83. The first kappa shape index (κ1) is 21.2. The highest BCUT2D eigenvalue weighted by Gasteiger charge is 2.36. The lowest BCUT2D eigenvalue weighted by Crippen LogP contribution is -2.46. The summed E-state index contributed by atoms with van der Waals surface area (Å²) in [5.74, 6) is 0.00621. The van der Waals surface area contributed by atoms with Crippen LogP contribution in [0.25, 0.3) is 11.3 Å². The number of nitrogens with one attached hydrogen (secondary N) is 3. The van der Waals surface area contributed by atoms with Crippen molar-refractivity contribution in [2.45, 2.75) is 19.4 Å². The van der Waals surface area contributed by atoms with Crippen molar-refractivity contribution < 1.29 is 13.9 Å². The lowest BCUT2D eigenvalue weighted by atomic mass is 10.1. The van der Waals surface area contributed by atoms with Gasteiger partial charge in [-0.05, 0) is 50.2 Å². The first-order valence-electron chi connectivity index (χ1n) is 10.3. The van der Waals surface area contributed by atoms with Gasteiger partial charge in [-0.2, -0.15) is 4.98 Å². The molecule has 0 spiro atoms. The number of halogens is 1. The molecule has 1 aliphatic rings. The topological polar surface area (TPSA) is 127 Å². The van der Waals surface area contributed by atoms with Crippen molar-refractivity contribution in [1.29, 1.82) is 0 Å². The number of fused-ring (bicyclic) bond motifs is 1. The summed E-state index contributed by atoms with van der Waals surface area (Å²) in [4.78, 5) is 33.1. The summed E-state index contributed by atoms with van der Waals surface area (Å²) >= 11 is 0. The van der Waals surface area contributed by atoms with Gasteiger partial charge in [0, 0.05) is 18.0 Å². The summed E-state index contributed by atoms with van der Waals surface area (Å²) in [7, 11) is 0. The predicted molar refractivity (Wildman–Crippen MR) is 124 cm³/mol. The molecule has 0 radical (unpaired) electrons. The number of pyridine rings is 3. The van der Waals surface area contributed by atoms with Gasteiger partial charge in [-0.3, -0.25) is 14.8 Å². The predicted octanol–water partition coefficient (Wildman–Crippen LogP) is 4.06. The fourth-order valence-corrected chi connectivity index (χ4v) is 3.19. The van der Waals surface area contributed by atoms with Crippen molar-refractivity contribution >= 4 is 35.0 Å². The van der Waals surface area contributed by atoms with Gasteiger partial charge >= 0.3 is 0 Å². The minimum atomic E-state index is -1.01. The van der Waals surface area contributed by atoms with Crippen molar-refractivity contribution in [2.75, 3.05) is 16.0 Å². The Kier molecular flexibility index (Phi) is 5.21. The number of amides is 1. The molecular weight excluding hydrogens is 439 g/mol. The molecule has 0 saturated heterocycles. The number of hydrogen-bond acceptors (Lipinski definition) is 9. The average molecular weight is 458 g/mol. The zero-order chi connectivity index (χ0) is 23.7. The van der Waals surface area contributed by atoms with E-state index in [0.717, 1.165) is 17.5 Å². The molecule has 5 heterocycles. The molecule has 5 rings (SSSR count). The van der Waals surface area contributed by atoms with Gasteiger partial charge in [-0.1, -0.05) is 0 Å². The molecule has 1 amide bonds. The molecule has 0 saturated carbocycles. The molecule has 0 aliphatic carbocycles. The Balaban J connectivity index is 1.33. The lowest BCUT2D eigenvalue weighted by Gasteiger charge is -2.30. The van der Waals surface area contributed by atoms with E-state index in [1.165, 1.54) is 0 Å². The smallest absolute Gasteiger partial charge is 0.269 e. The number of ether oxygens (including phenoxy) is 1. The van der Waals surface area contributed by atoms with E-state index in [1.54, 1.807) is 44.6 Å². The molecule has 4 aromatic heterocycles. The van der Waals surface area contributed by atoms with E-state index >= 15 is 0 Å². The van der Waals surface area contributed by atoms with Crippen molar-refractivity contribution in [2.24, 2.45) is 0 Å². The first-order chi connectivity index (χ1) is 16.4. The standard InChI is InChI=1S/C23H19FN8O2/c1-23(2)21(33)31-20-17(34-23)7-8-18(30-20)29-19-15(24)12-27-22(32-19)28-14-5-6-16(26-11-14)13-4-3-9-25-10-13/h3-12H,1-2H3,(H3,27,28,29,30,31,32,33). The lowest BCUT2D eigenvalue weighted by molar-refractivity contribution is -0.129. The summed E-state index contributed by atoms with van der Waals surface area (Å²) in [6.07, 6.45) is 6.09. The Morgan fingerprint density at radius 1 is 1.00 bits per heavy atom. The van der Waals surface area contributed by atoms with Crippen LogP contribution in [0.1, 0.15) is 13.8 Å². The van der Waals surface area contributed by atoms with E-state index in [9.17, 15) is 9.18 Å². The molecule has 170 valence electrons. The molecule has 11 heteroatoms. The maximum atomic E-state index is 14.4. The van der Waals surface area contributed by atoms with Crippen LogP contribution in [0.2, 0.25) is 0 Å². The summed E-state index contributed by atoms with van der Waals surface area (Å²) in [6.45, 7) is 3.31. The minimum Gasteiger partial charge on any atom is -0.474 e. The summed E-state index contributed by atoms with van der Waals surface area (Å²) in [6, 6.07) is 10.6. The van der Waals surface area contributed by atoms with Crippen LogP contribution in [0.15, 0.2) is 61.2 Å². The Morgan fingerprint density at radius 2 is 1.88 bits per heavy atom. The zero-order valence-corrected chi connectivity index (χ0v) is 18.2. The number of anilines is 5. The highest BCUT2D eigenvalue weighted by molar-refractivity contribution is 5.99. The van der Waals surface area contributed by atoms with Crippen LogP contribution in [0, 0.1) is 5.82 Å². The second-order valence-electron chi connectivity index (χ2n) is 7.92. The SMILES string of the molecule is CC1(C)Oc2ccc(Nc3nc(Nc4ccc(-c5cccnc5)nc4)ncc3F)nc2NC1=O. The molecule has 0 bridgehead atoms. The fourth-order valence-electron chi connectivity index (χ4n) is 3.19. The largest absolute Gasteiger partial charge is 0.474 e. The third-order valence-corrected chi connectivity index (χ3v) is 4.97. The highest BCUT2D eigenvalue weighted by atomic mass is 19.1. The van der Waals surface area contributed by atoms with Crippen molar-refractivity contribution in [3.63, 3.8) is 0 Å². The van der Waals surface area contributed by atoms with Crippen LogP contribution < -0.4 is 20.7 Å². The third kappa shape index (κ3) is 4.31. The Hall–Kier alpha value is -4.67. The van der Waals surface area contributed by atoms with Gasteiger partial charge in [0.25, 0.3) is 5.91 Å². The summed E-state index contributed by atoms with van der Waals surface area (Å²) < 4.78 is 20.0. The van der Waals surface area contributed by atoms with Crippen LogP contribution in [0.3, 0.4) is 0 Å². The van der Waals surface area contributed by atoms with Gasteiger partial charge < -0.3 is 20.7 Å². The van der Waals surface area contributed by atoms with Crippen molar-refractivity contribution in [3.05, 3.63) is 67.0 Å². The first-order valence-corrected chi connectivity index (χ1v) is 10.3. The van der Waals surface area contributed by atoms with Gasteiger partial charge in [0.15, 0.2) is 28.8 Å². The molecule has 34 heavy (non-hydrogen) atoms. The monoisotopic (exact) mass is 458 g/mol. The summed E-state index contributed by atoms with van der Waals surface area (Å²) in [5.41, 5.74) is 1.27. The molecule has 1 aliphatic heterocycles. The Morgan fingerprint density at radius 3 is 2.65 bits per heavy atom. The summed E-state index contributed by atoms with van der Waals surface area (Å²) in [5, 5.41) is 8.49. The number of hydrogen-bond donors (Lipinski definition) is 3. The van der Waals surface area contributed by atoms with E-state index < -0.39 is 11.4 Å². The van der Waals surface area contributed by atoms with Crippen LogP contribution in [-0.2, 0) is 4.79 Å². The molecule has 0 unspecified atom stereocenters. The molecule has 4 aromatic rings. The van der Waals surface area contributed by atoms with Crippen LogP contribution in [0.4, 0.5) is 33.5 Å². The van der Waals surface area contributed by atoms with E-state index in [1.807, 2.05) is 24.3 Å². The molecule has 3 N–H and O–H groups in total. The number of carbonyl (C=O) groups excluding carboxylic acids is 1. The molecule has 0 fully saturated rings. The number of nitrogens with zero attached hydrogens (tertiary/aromatic N) is 5. The zero-order valence-electron chi connectivity index (χ0n) is 18.2. The second kappa shape index (κ2) is 8.35. The maximum absolute atomic E-state index is 14.4. The Bertz CT molecular complexity index is 1360. The third-order valence-electron chi connectivity index (χ3n) is 4.97. The van der Waals surface area contributed by atoms with E-state index in [4.69, 9.17) is 4.74 Å². The number of rotatable bonds is 5. The van der Waals surface area contributed by atoms with Crippen molar-refractivity contribution in [1.82, 2.24) is 24.9 Å². The van der Waals surface area contributed by atoms with Crippen LogP contribution in [0.5, 0.6) is 5.75 Å². The fraction of sp³-hybridized carbons (Fsp3) is 0.130. The molecule has 0 aromatic carbocycles. The van der Waals surface area contributed by atoms with Crippen LogP contribution in [-0.4, -0.2) is 36.4 Å². The van der Waals surface area contributed by atoms with E-state index in [0.29, 0.717) is 11.4 Å². The maximum Gasteiger partial charge on any atom is 0.269 e. The number of carbonyl (C=O) groups is 1. The molecule has 10 nitrogen and oxygen atoms in total. The van der Waals surface area contributed by atoms with Crippen LogP contribution >= 0.6 is 0 Å². The van der Waals surface area contributed by atoms with Gasteiger partial charge in [-0.15, -0.1) is 0 Å². The number of aromatic nitrogens is 5. The normalized spacial score (nSPS) is 13.9. The van der Waals surface area contributed by atoms with Crippen molar-refractivity contribution in [3.8, 4) is 17.0 Å². The quantitative estimate of drug-likeness (QED) is 0.406.